The molecule has 0 aliphatic heterocycles. The van der Waals surface area contributed by atoms with Crippen LogP contribution in [-0.4, -0.2) is 16.0 Å². The number of hydrogen-bond donors (Lipinski definition) is 0. The average Bonchev–Trinajstić information content (AvgIpc) is 1.89. The standard InChI is InChI=1S/C8H16Se/c1-2-3-4-5-6-7-8-9/h7-9H,2-6H2,1H3. The van der Waals surface area contributed by atoms with E-state index in [4.69, 9.17) is 0 Å². The molecule has 0 aliphatic rings. The number of unbranched alkanes of at least 4 members (excludes halogenated alkanes) is 4. The van der Waals surface area contributed by atoms with E-state index >= 15 is 0 Å². The zero-order valence-electron chi connectivity index (χ0n) is 6.14. The van der Waals surface area contributed by atoms with E-state index in [9.17, 15) is 0 Å². The van der Waals surface area contributed by atoms with Gasteiger partial charge in [0.05, 0.1) is 0 Å². The van der Waals surface area contributed by atoms with E-state index in [1.807, 2.05) is 0 Å². The molecule has 0 amide bonds. The summed E-state index contributed by atoms with van der Waals surface area (Å²) < 4.78 is 0. The van der Waals surface area contributed by atoms with Crippen molar-refractivity contribution in [1.29, 1.82) is 0 Å². The van der Waals surface area contributed by atoms with Gasteiger partial charge < -0.3 is 0 Å². The van der Waals surface area contributed by atoms with Gasteiger partial charge in [-0.05, 0) is 0 Å². The van der Waals surface area contributed by atoms with Crippen LogP contribution in [-0.2, 0) is 0 Å². The quantitative estimate of drug-likeness (QED) is 0.462. The first-order valence-electron chi connectivity index (χ1n) is 3.71. The predicted molar refractivity (Wildman–Crippen MR) is 45.0 cm³/mol. The van der Waals surface area contributed by atoms with Crippen molar-refractivity contribution in [1.82, 2.24) is 0 Å². The molecule has 0 aliphatic carbocycles. The van der Waals surface area contributed by atoms with Gasteiger partial charge in [0.1, 0.15) is 0 Å². The van der Waals surface area contributed by atoms with Crippen LogP contribution in [0.5, 0.6) is 0 Å². The van der Waals surface area contributed by atoms with Crippen LogP contribution in [0, 0.1) is 0 Å². The molecule has 9 heavy (non-hydrogen) atoms. The molecule has 1 heteroatoms. The molecule has 54 valence electrons. The van der Waals surface area contributed by atoms with Crippen molar-refractivity contribution in [2.75, 3.05) is 0 Å². The Morgan fingerprint density at radius 2 is 2.00 bits per heavy atom. The second-order valence-electron chi connectivity index (χ2n) is 2.23. The Morgan fingerprint density at radius 1 is 1.22 bits per heavy atom. The Labute approximate surface area is 66.5 Å². The Balaban J connectivity index is 2.75. The summed E-state index contributed by atoms with van der Waals surface area (Å²) in [6, 6.07) is 0. The van der Waals surface area contributed by atoms with E-state index in [-0.39, 0.29) is 0 Å². The molecule has 0 radical (unpaired) electrons. The molecule has 0 heterocycles. The molecule has 0 saturated carbocycles. The second-order valence-corrected chi connectivity index (χ2v) is 2.86. The Hall–Kier alpha value is 0.259. The van der Waals surface area contributed by atoms with Crippen molar-refractivity contribution < 1.29 is 0 Å². The first-order chi connectivity index (χ1) is 4.41. The normalized spacial score (nSPS) is 10.9. The van der Waals surface area contributed by atoms with Crippen molar-refractivity contribution in [2.24, 2.45) is 0 Å². The molecule has 0 spiro atoms. The summed E-state index contributed by atoms with van der Waals surface area (Å²) >= 11 is 2.47. The molecular weight excluding hydrogens is 175 g/mol. The van der Waals surface area contributed by atoms with Crippen LogP contribution in [0.2, 0.25) is 0 Å². The topological polar surface area (TPSA) is 0 Å². The fourth-order valence-electron chi connectivity index (χ4n) is 0.764. The van der Waals surface area contributed by atoms with Gasteiger partial charge in [-0.3, -0.25) is 0 Å². The summed E-state index contributed by atoms with van der Waals surface area (Å²) in [6.45, 7) is 2.24. The van der Waals surface area contributed by atoms with Crippen molar-refractivity contribution in [3.8, 4) is 0 Å². The first kappa shape index (κ1) is 9.26. The number of hydrogen-bond acceptors (Lipinski definition) is 0. The van der Waals surface area contributed by atoms with Gasteiger partial charge in [0.2, 0.25) is 0 Å². The molecular formula is C8H16Se. The summed E-state index contributed by atoms with van der Waals surface area (Å²) in [7, 11) is 0. The summed E-state index contributed by atoms with van der Waals surface area (Å²) in [5.74, 6) is 0. The van der Waals surface area contributed by atoms with Gasteiger partial charge in [0.15, 0.2) is 0 Å². The summed E-state index contributed by atoms with van der Waals surface area (Å²) in [5.41, 5.74) is 0. The van der Waals surface area contributed by atoms with Crippen LogP contribution in [0.1, 0.15) is 39.0 Å². The molecule has 0 rings (SSSR count). The molecule has 0 nitrogen and oxygen atoms in total. The van der Waals surface area contributed by atoms with Crippen LogP contribution >= 0.6 is 0 Å². The third-order valence-electron chi connectivity index (χ3n) is 1.33. The van der Waals surface area contributed by atoms with Crippen molar-refractivity contribution >= 4 is 16.0 Å². The van der Waals surface area contributed by atoms with Crippen LogP contribution < -0.4 is 0 Å². The maximum absolute atomic E-state index is 2.47. The monoisotopic (exact) mass is 192 g/mol. The zero-order chi connectivity index (χ0) is 6.95. The van der Waals surface area contributed by atoms with Gasteiger partial charge in [-0.25, -0.2) is 0 Å². The summed E-state index contributed by atoms with van der Waals surface area (Å²) in [6.07, 6.45) is 8.97. The summed E-state index contributed by atoms with van der Waals surface area (Å²) in [4.78, 5) is 2.07. The van der Waals surface area contributed by atoms with Gasteiger partial charge in [-0.15, -0.1) is 0 Å². The van der Waals surface area contributed by atoms with Gasteiger partial charge in [0, 0.05) is 0 Å². The first-order valence-corrected chi connectivity index (χ1v) is 4.79. The minimum absolute atomic E-state index is 1.26. The van der Waals surface area contributed by atoms with Crippen molar-refractivity contribution in [3.63, 3.8) is 0 Å². The fraction of sp³-hybridized carbons (Fsp3) is 0.750. The maximum atomic E-state index is 2.47. The Bertz CT molecular complexity index is 67.0. The van der Waals surface area contributed by atoms with Crippen LogP contribution in [0.15, 0.2) is 11.1 Å². The Kier molecular flexibility index (Phi) is 8.50. The molecule has 0 saturated heterocycles. The average molecular weight is 191 g/mol. The van der Waals surface area contributed by atoms with E-state index in [2.05, 4.69) is 34.0 Å². The molecule has 0 unspecified atom stereocenters. The van der Waals surface area contributed by atoms with Crippen molar-refractivity contribution in [3.05, 3.63) is 11.1 Å². The van der Waals surface area contributed by atoms with Crippen LogP contribution in [0.4, 0.5) is 0 Å². The predicted octanol–water partition coefficient (Wildman–Crippen LogP) is 2.37. The van der Waals surface area contributed by atoms with Gasteiger partial charge in [0.25, 0.3) is 0 Å². The minimum atomic E-state index is 1.26. The number of rotatable bonds is 5. The second kappa shape index (κ2) is 8.26. The van der Waals surface area contributed by atoms with Gasteiger partial charge in [-0.2, -0.15) is 0 Å². The zero-order valence-corrected chi connectivity index (χ0v) is 8.01. The molecule has 0 aromatic carbocycles. The molecule has 0 aromatic rings. The molecule has 0 aromatic heterocycles. The molecule has 0 N–H and O–H groups in total. The van der Waals surface area contributed by atoms with Gasteiger partial charge >= 0.3 is 66.1 Å². The van der Waals surface area contributed by atoms with E-state index in [1.54, 1.807) is 0 Å². The fourth-order valence-corrected chi connectivity index (χ4v) is 1.08. The SMILES string of the molecule is CCCCCCC=C[SeH]. The van der Waals surface area contributed by atoms with E-state index in [0.29, 0.717) is 0 Å². The van der Waals surface area contributed by atoms with Crippen LogP contribution in [0.3, 0.4) is 0 Å². The summed E-state index contributed by atoms with van der Waals surface area (Å²) in [5, 5.41) is 0. The van der Waals surface area contributed by atoms with E-state index in [0.717, 1.165) is 0 Å². The van der Waals surface area contributed by atoms with Gasteiger partial charge in [-0.1, -0.05) is 0 Å². The number of allylic oxidation sites excluding steroid dienone is 1. The van der Waals surface area contributed by atoms with Crippen LogP contribution in [0.25, 0.3) is 0 Å². The van der Waals surface area contributed by atoms with E-state index < -0.39 is 0 Å². The third-order valence-corrected chi connectivity index (χ3v) is 1.77. The molecule has 0 atom stereocenters. The Morgan fingerprint density at radius 3 is 2.56 bits per heavy atom. The molecule has 0 bridgehead atoms. The molecule has 0 fully saturated rings. The van der Waals surface area contributed by atoms with E-state index in [1.165, 1.54) is 32.1 Å². The van der Waals surface area contributed by atoms with Crippen molar-refractivity contribution in [2.45, 2.75) is 39.0 Å². The third kappa shape index (κ3) is 8.26.